The van der Waals surface area contributed by atoms with Gasteiger partial charge in [-0.1, -0.05) is 0 Å². The lowest BCUT2D eigenvalue weighted by atomic mass is 10.7. The first-order valence-electron chi connectivity index (χ1n) is 2.07. The number of nitrogens with zero attached hydrogens (tertiary/aromatic N) is 1. The van der Waals surface area contributed by atoms with Gasteiger partial charge in [-0.05, 0) is 0 Å². The van der Waals surface area contributed by atoms with Gasteiger partial charge in [-0.2, -0.15) is 0 Å². The second kappa shape index (κ2) is 4.48. The Morgan fingerprint density at radius 3 is 2.67 bits per heavy atom. The van der Waals surface area contributed by atoms with Gasteiger partial charge in [0, 0.05) is 4.92 Å². The summed E-state index contributed by atoms with van der Waals surface area (Å²) >= 11 is 1.41. The van der Waals surface area contributed by atoms with E-state index in [0.717, 1.165) is 0 Å². The molecule has 0 aromatic heterocycles. The molecule has 0 saturated heterocycles. The minimum absolute atomic E-state index is 0.144. The Hall–Kier alpha value is -0.400. The molecule has 0 unspecified atom stereocenters. The van der Waals surface area contributed by atoms with E-state index in [2.05, 4.69) is 4.74 Å². The van der Waals surface area contributed by atoms with E-state index < -0.39 is 8.90 Å². The summed E-state index contributed by atoms with van der Waals surface area (Å²) in [5, 5.41) is 9.59. The fourth-order valence-corrected chi connectivity index (χ4v) is 0.421. The van der Waals surface area contributed by atoms with Crippen molar-refractivity contribution in [3.63, 3.8) is 0 Å². The molecule has 0 rings (SSSR count). The Morgan fingerprint density at radius 1 is 1.78 bits per heavy atom. The second-order valence-electron chi connectivity index (χ2n) is 1.14. The van der Waals surface area contributed by atoms with Crippen molar-refractivity contribution in [2.75, 3.05) is 13.2 Å². The van der Waals surface area contributed by atoms with Crippen LogP contribution in [0.1, 0.15) is 0 Å². The number of carbonyl (C=O) groups excluding carboxylic acids is 1. The Labute approximate surface area is 64.7 Å². The van der Waals surface area contributed by atoms with Gasteiger partial charge in [0.15, 0.2) is 6.61 Å². The standard InChI is InChI=1S/C3H4INO4/c4-3(6)9-2-1-5(7)8/h1-2H2. The zero-order valence-electron chi connectivity index (χ0n) is 4.37. The predicted molar refractivity (Wildman–Crippen MR) is 37.2 cm³/mol. The number of hydrogen-bond acceptors (Lipinski definition) is 4. The van der Waals surface area contributed by atoms with Crippen molar-refractivity contribution < 1.29 is 14.5 Å². The van der Waals surface area contributed by atoms with E-state index in [1.165, 1.54) is 22.6 Å². The van der Waals surface area contributed by atoms with Crippen molar-refractivity contribution in [2.24, 2.45) is 0 Å². The van der Waals surface area contributed by atoms with Crippen molar-refractivity contribution in [1.29, 1.82) is 0 Å². The molecule has 0 heterocycles. The number of halogens is 1. The van der Waals surface area contributed by atoms with Gasteiger partial charge in [0.1, 0.15) is 0 Å². The highest BCUT2D eigenvalue weighted by Crippen LogP contribution is 1.89. The van der Waals surface area contributed by atoms with Crippen LogP contribution in [-0.2, 0) is 4.74 Å². The van der Waals surface area contributed by atoms with E-state index in [1.54, 1.807) is 0 Å². The van der Waals surface area contributed by atoms with Crippen molar-refractivity contribution in [1.82, 2.24) is 0 Å². The highest BCUT2D eigenvalue weighted by Gasteiger charge is 1.98. The normalized spacial score (nSPS) is 8.56. The summed E-state index contributed by atoms with van der Waals surface area (Å²) in [5.41, 5.74) is 0. The molecule has 9 heavy (non-hydrogen) atoms. The maximum absolute atomic E-state index is 9.97. The lowest BCUT2D eigenvalue weighted by Crippen LogP contribution is -2.09. The van der Waals surface area contributed by atoms with E-state index >= 15 is 0 Å². The smallest absolute Gasteiger partial charge is 0.367 e. The topological polar surface area (TPSA) is 69.4 Å². The highest BCUT2D eigenvalue weighted by molar-refractivity contribution is 14.1. The minimum Gasteiger partial charge on any atom is -0.451 e. The van der Waals surface area contributed by atoms with Crippen molar-refractivity contribution in [3.05, 3.63) is 10.1 Å². The Morgan fingerprint density at radius 2 is 2.33 bits per heavy atom. The number of ether oxygens (including phenoxy) is 1. The van der Waals surface area contributed by atoms with Crippen molar-refractivity contribution >= 4 is 26.6 Å². The first kappa shape index (κ1) is 8.60. The van der Waals surface area contributed by atoms with Crippen LogP contribution in [0.2, 0.25) is 0 Å². The predicted octanol–water partition coefficient (Wildman–Crippen LogP) is 0.835. The van der Waals surface area contributed by atoms with Crippen LogP contribution in [0.5, 0.6) is 0 Å². The number of carbonyl (C=O) groups is 1. The molecule has 0 aliphatic heterocycles. The first-order chi connectivity index (χ1) is 4.13. The van der Waals surface area contributed by atoms with Crippen LogP contribution in [0.4, 0.5) is 4.79 Å². The zero-order chi connectivity index (χ0) is 7.28. The summed E-state index contributed by atoms with van der Waals surface area (Å²) < 4.78 is 3.74. The van der Waals surface area contributed by atoms with Gasteiger partial charge in [-0.3, -0.25) is 10.1 Å². The first-order valence-corrected chi connectivity index (χ1v) is 3.15. The summed E-state index contributed by atoms with van der Waals surface area (Å²) in [6, 6.07) is 0. The number of nitro groups is 1. The van der Waals surface area contributed by atoms with Crippen molar-refractivity contribution in [3.8, 4) is 0 Å². The fourth-order valence-electron chi connectivity index (χ4n) is 0.200. The molecule has 0 radical (unpaired) electrons. The molecule has 0 bridgehead atoms. The SMILES string of the molecule is O=C(I)OCC[N+](=O)[O-]. The summed E-state index contributed by atoms with van der Waals surface area (Å²) in [6.07, 6.45) is 0. The van der Waals surface area contributed by atoms with Crippen LogP contribution in [0, 0.1) is 10.1 Å². The molecule has 0 aromatic carbocycles. The monoisotopic (exact) mass is 245 g/mol. The molecular formula is C3H4INO4. The maximum atomic E-state index is 9.97. The van der Waals surface area contributed by atoms with Crippen LogP contribution in [0.25, 0.3) is 0 Å². The van der Waals surface area contributed by atoms with Crippen LogP contribution in [0.15, 0.2) is 0 Å². The minimum atomic E-state index is -0.542. The van der Waals surface area contributed by atoms with Gasteiger partial charge < -0.3 is 4.74 Å². The van der Waals surface area contributed by atoms with E-state index in [0.29, 0.717) is 0 Å². The molecule has 0 saturated carbocycles. The summed E-state index contributed by atoms with van der Waals surface area (Å²) in [6.45, 7) is -0.469. The molecule has 6 heteroatoms. The molecule has 0 aromatic rings. The Balaban J connectivity index is 3.10. The average Bonchev–Trinajstić information content (AvgIpc) is 1.63. The molecule has 0 amide bonds. The van der Waals surface area contributed by atoms with E-state index in [1.807, 2.05) is 0 Å². The van der Waals surface area contributed by atoms with Gasteiger partial charge in [-0.15, -0.1) is 0 Å². The van der Waals surface area contributed by atoms with Crippen LogP contribution in [-0.4, -0.2) is 22.1 Å². The fraction of sp³-hybridized carbons (Fsp3) is 0.667. The van der Waals surface area contributed by atoms with Gasteiger partial charge >= 0.3 is 3.98 Å². The molecule has 0 aliphatic rings. The van der Waals surface area contributed by atoms with Crippen LogP contribution in [0.3, 0.4) is 0 Å². The zero-order valence-corrected chi connectivity index (χ0v) is 6.53. The third-order valence-corrected chi connectivity index (χ3v) is 0.801. The van der Waals surface area contributed by atoms with Gasteiger partial charge in [0.2, 0.25) is 6.54 Å². The van der Waals surface area contributed by atoms with E-state index in [9.17, 15) is 14.9 Å². The van der Waals surface area contributed by atoms with E-state index in [-0.39, 0.29) is 13.2 Å². The molecule has 0 aliphatic carbocycles. The van der Waals surface area contributed by atoms with Gasteiger partial charge in [0.25, 0.3) is 0 Å². The Bertz CT molecular complexity index is 111. The van der Waals surface area contributed by atoms with Gasteiger partial charge in [-0.25, -0.2) is 4.79 Å². The van der Waals surface area contributed by atoms with Crippen molar-refractivity contribution in [2.45, 2.75) is 0 Å². The third kappa shape index (κ3) is 7.60. The maximum Gasteiger partial charge on any atom is 0.367 e. The molecular weight excluding hydrogens is 241 g/mol. The van der Waals surface area contributed by atoms with E-state index in [4.69, 9.17) is 0 Å². The molecule has 0 fully saturated rings. The van der Waals surface area contributed by atoms with Gasteiger partial charge in [0.05, 0.1) is 22.6 Å². The molecule has 0 spiro atoms. The lowest BCUT2D eigenvalue weighted by Gasteiger charge is -1.92. The molecule has 52 valence electrons. The summed E-state index contributed by atoms with van der Waals surface area (Å²) in [5.74, 6) is 0. The lowest BCUT2D eigenvalue weighted by molar-refractivity contribution is -0.482. The highest BCUT2D eigenvalue weighted by atomic mass is 127. The van der Waals surface area contributed by atoms with Crippen LogP contribution < -0.4 is 0 Å². The summed E-state index contributed by atoms with van der Waals surface area (Å²) in [7, 11) is 0. The average molecular weight is 245 g/mol. The quantitative estimate of drug-likeness (QED) is 0.319. The molecule has 0 N–H and O–H groups in total. The largest absolute Gasteiger partial charge is 0.451 e. The van der Waals surface area contributed by atoms with Crippen LogP contribution >= 0.6 is 22.6 Å². The molecule has 5 nitrogen and oxygen atoms in total. The Kier molecular flexibility index (Phi) is 4.28. The second-order valence-corrected chi connectivity index (χ2v) is 2.02. The number of hydrogen-bond donors (Lipinski definition) is 0. The number of rotatable bonds is 3. The summed E-state index contributed by atoms with van der Waals surface area (Å²) in [4.78, 5) is 19.0. The third-order valence-electron chi connectivity index (χ3n) is 0.489. The molecule has 0 atom stereocenters.